The van der Waals surface area contributed by atoms with E-state index >= 15 is 0 Å². The van der Waals surface area contributed by atoms with Gasteiger partial charge in [0.2, 0.25) is 7.49 Å². The van der Waals surface area contributed by atoms with Gasteiger partial charge in [-0.2, -0.15) is 0 Å². The fourth-order valence-electron chi connectivity index (χ4n) is 8.19. The molecule has 4 aliphatic carbocycles. The second-order valence-electron chi connectivity index (χ2n) is 12.4. The van der Waals surface area contributed by atoms with Crippen LogP contribution in [-0.4, -0.2) is 12.8 Å². The first kappa shape index (κ1) is 26.2. The molecule has 0 fully saturated rings. The van der Waals surface area contributed by atoms with E-state index in [0.29, 0.717) is 17.5 Å². The van der Waals surface area contributed by atoms with Crippen molar-refractivity contribution in [1.82, 2.24) is 0 Å². The van der Waals surface area contributed by atoms with E-state index < -0.39 is 7.49 Å². The van der Waals surface area contributed by atoms with Crippen LogP contribution in [0.25, 0.3) is 39.1 Å². The van der Waals surface area contributed by atoms with Crippen LogP contribution in [0.5, 0.6) is 0 Å². The van der Waals surface area contributed by atoms with Gasteiger partial charge in [0.05, 0.1) is 7.11 Å². The van der Waals surface area contributed by atoms with Crippen molar-refractivity contribution in [1.29, 1.82) is 0 Å². The third-order valence-electron chi connectivity index (χ3n) is 10.2. The van der Waals surface area contributed by atoms with Crippen LogP contribution in [0.4, 0.5) is 0 Å². The Kier molecular flexibility index (Phi) is 6.05. The van der Waals surface area contributed by atoms with Crippen LogP contribution in [0.3, 0.4) is 0 Å². The van der Waals surface area contributed by atoms with Gasteiger partial charge in [0, 0.05) is 34.6 Å². The molecule has 4 aromatic carbocycles. The standard InChI is InChI=1S/C41H34O2P/c1-42-44(29-11-4-2-5-12-29,30-13-6-3-7-14-30)31-22-19-27(20-23-31)28-21-24-32-34-16-10-17-35-40(34)37(36(32)25-28)26-38-33-15-8-9-18-39(33)43-41(35)38/h2-13,15,17-19,21-27,30,34H,14,16,20H2,1H3/q+1/t27?,30-,34?,44?/m1/s1. The summed E-state index contributed by atoms with van der Waals surface area (Å²) in [5.74, 6) is 0.736. The van der Waals surface area contributed by atoms with Crippen LogP contribution in [-0.2, 0) is 4.52 Å². The van der Waals surface area contributed by atoms with E-state index in [1.54, 1.807) is 0 Å². The fraction of sp³-hybridized carbons (Fsp3) is 0.171. The molecular weight excluding hydrogens is 555 g/mol. The Labute approximate surface area is 259 Å². The van der Waals surface area contributed by atoms with Crippen molar-refractivity contribution in [3.8, 4) is 11.1 Å². The summed E-state index contributed by atoms with van der Waals surface area (Å²) in [6, 6.07) is 29.0. The number of hydrogen-bond acceptors (Lipinski definition) is 2. The summed E-state index contributed by atoms with van der Waals surface area (Å²) in [5, 5.41) is 5.08. The van der Waals surface area contributed by atoms with Crippen LogP contribution in [0.1, 0.15) is 53.4 Å². The van der Waals surface area contributed by atoms with Crippen molar-refractivity contribution in [3.63, 3.8) is 0 Å². The Morgan fingerprint density at radius 2 is 1.66 bits per heavy atom. The lowest BCUT2D eigenvalue weighted by Gasteiger charge is -2.32. The zero-order valence-corrected chi connectivity index (χ0v) is 25.7. The molecule has 0 N–H and O–H groups in total. The van der Waals surface area contributed by atoms with Gasteiger partial charge in [0.15, 0.2) is 0 Å². The van der Waals surface area contributed by atoms with Crippen molar-refractivity contribution in [3.05, 3.63) is 155 Å². The minimum atomic E-state index is -2.08. The summed E-state index contributed by atoms with van der Waals surface area (Å²) < 4.78 is 13.1. The summed E-state index contributed by atoms with van der Waals surface area (Å²) in [5.41, 5.74) is 10.7. The van der Waals surface area contributed by atoms with Crippen molar-refractivity contribution < 1.29 is 8.94 Å². The Bertz CT molecular complexity index is 2110. The molecule has 2 nitrogen and oxygen atoms in total. The maximum Gasteiger partial charge on any atom is 0.216 e. The first-order valence-electron chi connectivity index (χ1n) is 15.8. The Hall–Kier alpha value is -4.23. The van der Waals surface area contributed by atoms with Gasteiger partial charge in [0.1, 0.15) is 27.4 Å². The van der Waals surface area contributed by atoms with Crippen LogP contribution in [0.2, 0.25) is 0 Å². The molecule has 1 aromatic heterocycles. The topological polar surface area (TPSA) is 22.4 Å². The summed E-state index contributed by atoms with van der Waals surface area (Å²) >= 11 is 0. The number of furan rings is 1. The second-order valence-corrected chi connectivity index (χ2v) is 15.8. The quantitative estimate of drug-likeness (QED) is 0.190. The fourth-order valence-corrected chi connectivity index (χ4v) is 12.0. The molecule has 0 bridgehead atoms. The normalized spacial score (nSPS) is 22.7. The highest BCUT2D eigenvalue weighted by atomic mass is 31.2. The summed E-state index contributed by atoms with van der Waals surface area (Å²) in [7, 11) is -0.169. The van der Waals surface area contributed by atoms with Crippen LogP contribution in [0, 0.1) is 0 Å². The average Bonchev–Trinajstić information content (AvgIpc) is 3.63. The number of benzene rings is 4. The summed E-state index contributed by atoms with van der Waals surface area (Å²) in [4.78, 5) is 0. The van der Waals surface area contributed by atoms with Crippen LogP contribution < -0.4 is 5.30 Å². The molecule has 0 saturated carbocycles. The van der Waals surface area contributed by atoms with Gasteiger partial charge in [-0.1, -0.05) is 91.1 Å². The zero-order valence-electron chi connectivity index (χ0n) is 24.8. The SMILES string of the molecule is CO[P+](C1=CCC(c2ccc3c(c2)-c2cc4c(oc5ccccc54)c4c2C3CC=C4)C=C1)(c1ccccc1)[C@@H]1C=CC=CC1. The third-order valence-corrected chi connectivity index (χ3v) is 14.3. The third kappa shape index (κ3) is 3.75. The largest absolute Gasteiger partial charge is 0.455 e. The van der Waals surface area contributed by atoms with E-state index in [-0.39, 0.29) is 0 Å². The smallest absolute Gasteiger partial charge is 0.216 e. The molecule has 0 aliphatic heterocycles. The van der Waals surface area contributed by atoms with Gasteiger partial charge in [0.25, 0.3) is 0 Å². The predicted molar refractivity (Wildman–Crippen MR) is 186 cm³/mol. The maximum absolute atomic E-state index is 6.64. The van der Waals surface area contributed by atoms with E-state index in [1.165, 1.54) is 54.8 Å². The summed E-state index contributed by atoms with van der Waals surface area (Å²) in [6.07, 6.45) is 23.9. The van der Waals surface area contributed by atoms with Gasteiger partial charge in [-0.25, -0.2) is 4.52 Å². The average molecular weight is 590 g/mol. The molecule has 5 aromatic rings. The number of para-hydroxylation sites is 1. The van der Waals surface area contributed by atoms with E-state index in [0.717, 1.165) is 30.4 Å². The van der Waals surface area contributed by atoms with Gasteiger partial charge < -0.3 is 4.42 Å². The van der Waals surface area contributed by atoms with E-state index in [9.17, 15) is 0 Å². The second kappa shape index (κ2) is 10.2. The van der Waals surface area contributed by atoms with Gasteiger partial charge in [-0.15, -0.1) is 0 Å². The number of fused-ring (bicyclic) bond motifs is 7. The molecule has 214 valence electrons. The van der Waals surface area contributed by atoms with E-state index in [2.05, 4.69) is 134 Å². The van der Waals surface area contributed by atoms with Gasteiger partial charge >= 0.3 is 0 Å². The molecule has 0 spiro atoms. The minimum absolute atomic E-state index is 0.337. The van der Waals surface area contributed by atoms with Crippen LogP contribution >= 0.6 is 7.49 Å². The highest BCUT2D eigenvalue weighted by Crippen LogP contribution is 2.71. The van der Waals surface area contributed by atoms with Crippen molar-refractivity contribution in [2.45, 2.75) is 36.8 Å². The zero-order chi connectivity index (χ0) is 29.3. The molecule has 44 heavy (non-hydrogen) atoms. The van der Waals surface area contributed by atoms with Crippen molar-refractivity contribution in [2.75, 3.05) is 7.11 Å². The number of allylic oxidation sites excluding steroid dienone is 9. The molecule has 4 atom stereocenters. The van der Waals surface area contributed by atoms with Crippen molar-refractivity contribution in [2.24, 2.45) is 0 Å². The highest BCUT2D eigenvalue weighted by Gasteiger charge is 2.52. The predicted octanol–water partition coefficient (Wildman–Crippen LogP) is 10.8. The number of rotatable bonds is 5. The van der Waals surface area contributed by atoms with Gasteiger partial charge in [-0.05, 0) is 83.2 Å². The molecule has 0 amide bonds. The summed E-state index contributed by atoms with van der Waals surface area (Å²) in [6.45, 7) is 0. The molecule has 9 rings (SSSR count). The molecule has 1 heterocycles. The molecule has 3 heteroatoms. The maximum atomic E-state index is 6.64. The van der Waals surface area contributed by atoms with E-state index in [1.807, 2.05) is 7.11 Å². The lowest BCUT2D eigenvalue weighted by molar-refractivity contribution is 0.451. The Morgan fingerprint density at radius 1 is 0.773 bits per heavy atom. The molecular formula is C41H34O2P+. The first-order valence-corrected chi connectivity index (χ1v) is 17.5. The molecule has 3 unspecified atom stereocenters. The Balaban J connectivity index is 1.10. The highest BCUT2D eigenvalue weighted by molar-refractivity contribution is 7.83. The van der Waals surface area contributed by atoms with Crippen LogP contribution in [0.15, 0.2) is 137 Å². The first-order chi connectivity index (χ1) is 21.8. The molecule has 0 saturated heterocycles. The minimum Gasteiger partial charge on any atom is -0.455 e. The lowest BCUT2D eigenvalue weighted by atomic mass is 9.85. The number of hydrogen-bond donors (Lipinski definition) is 0. The molecule has 4 aliphatic rings. The van der Waals surface area contributed by atoms with Gasteiger partial charge in [-0.3, -0.25) is 0 Å². The monoisotopic (exact) mass is 589 g/mol. The molecule has 0 radical (unpaired) electrons. The Morgan fingerprint density at radius 3 is 2.48 bits per heavy atom. The van der Waals surface area contributed by atoms with Crippen molar-refractivity contribution >= 4 is 40.8 Å². The lowest BCUT2D eigenvalue weighted by Crippen LogP contribution is -2.25. The van der Waals surface area contributed by atoms with E-state index in [4.69, 9.17) is 8.94 Å².